The van der Waals surface area contributed by atoms with Crippen molar-refractivity contribution in [3.63, 3.8) is 0 Å². The molecule has 172 valence electrons. The van der Waals surface area contributed by atoms with E-state index < -0.39 is 23.8 Å². The molecule has 2 aromatic carbocycles. The summed E-state index contributed by atoms with van der Waals surface area (Å²) in [6, 6.07) is 5.01. The molecule has 0 saturated heterocycles. The summed E-state index contributed by atoms with van der Waals surface area (Å²) in [6.45, 7) is 6.96. The Morgan fingerprint density at radius 3 is 2.53 bits per heavy atom. The predicted octanol–water partition coefficient (Wildman–Crippen LogP) is 5.71. The third kappa shape index (κ3) is 5.91. The number of alkyl halides is 3. The first-order valence-corrected chi connectivity index (χ1v) is 9.85. The van der Waals surface area contributed by atoms with Crippen LogP contribution in [0.25, 0.3) is 0 Å². The highest BCUT2D eigenvalue weighted by Gasteiger charge is 2.31. The lowest BCUT2D eigenvalue weighted by Crippen LogP contribution is -2.26. The van der Waals surface area contributed by atoms with E-state index in [9.17, 15) is 18.0 Å². The Kier molecular flexibility index (Phi) is 6.93. The van der Waals surface area contributed by atoms with Crippen LogP contribution in [0.15, 0.2) is 37.0 Å². The van der Waals surface area contributed by atoms with Gasteiger partial charge in [0.15, 0.2) is 5.82 Å². The van der Waals surface area contributed by atoms with Crippen molar-refractivity contribution < 1.29 is 31.9 Å². The molecule has 0 atom stereocenters. The number of hydrogen-bond donors (Lipinski definition) is 3. The van der Waals surface area contributed by atoms with Gasteiger partial charge in [0.05, 0.1) is 17.9 Å². The van der Waals surface area contributed by atoms with Crippen molar-refractivity contribution in [3.8, 4) is 5.75 Å². The summed E-state index contributed by atoms with van der Waals surface area (Å²) in [5, 5.41) is 5.60. The van der Waals surface area contributed by atoms with E-state index >= 15 is 4.39 Å². The third-order valence-electron chi connectivity index (χ3n) is 4.88. The molecule has 32 heavy (non-hydrogen) atoms. The number of hydrogen-bond acceptors (Lipinski definition) is 5. The summed E-state index contributed by atoms with van der Waals surface area (Å²) in [5.74, 6) is -1.39. The normalized spacial score (nSPS) is 13.4. The standard InChI is InChI=1S/C22H23F4N3O3/c1-4-27-18-10-16(21(30)29-31-11-14-5-6-14)20(19(23)13(18)3)28-17-8-7-15(9-12(17)2)32-22(24,25)26/h4,7-10,14,27-28H,1,5-6,11H2,2-3H3,(H,29,30). The summed E-state index contributed by atoms with van der Waals surface area (Å²) >= 11 is 0. The molecule has 0 spiro atoms. The Bertz CT molecular complexity index is 1020. The van der Waals surface area contributed by atoms with Gasteiger partial charge in [0.1, 0.15) is 5.75 Å². The first-order valence-electron chi connectivity index (χ1n) is 9.85. The van der Waals surface area contributed by atoms with Crippen LogP contribution in [0.2, 0.25) is 0 Å². The van der Waals surface area contributed by atoms with Gasteiger partial charge in [0, 0.05) is 16.9 Å². The molecule has 1 amide bonds. The number of ether oxygens (including phenoxy) is 1. The number of nitrogens with one attached hydrogen (secondary N) is 3. The number of aryl methyl sites for hydroxylation is 1. The van der Waals surface area contributed by atoms with Gasteiger partial charge >= 0.3 is 6.36 Å². The van der Waals surface area contributed by atoms with Gasteiger partial charge in [-0.25, -0.2) is 9.87 Å². The van der Waals surface area contributed by atoms with Crippen molar-refractivity contribution in [3.05, 3.63) is 59.6 Å². The van der Waals surface area contributed by atoms with Crippen LogP contribution in [0.1, 0.15) is 34.3 Å². The van der Waals surface area contributed by atoms with Crippen LogP contribution >= 0.6 is 0 Å². The maximum Gasteiger partial charge on any atom is 0.573 e. The molecule has 0 unspecified atom stereocenters. The smallest absolute Gasteiger partial charge is 0.406 e. The van der Waals surface area contributed by atoms with Crippen LogP contribution in [0.4, 0.5) is 34.6 Å². The van der Waals surface area contributed by atoms with Crippen molar-refractivity contribution in [1.82, 2.24) is 5.48 Å². The van der Waals surface area contributed by atoms with E-state index in [-0.39, 0.29) is 16.8 Å². The highest BCUT2D eigenvalue weighted by Crippen LogP contribution is 2.34. The second-order valence-corrected chi connectivity index (χ2v) is 7.47. The Labute approximate surface area is 182 Å². The molecule has 0 aromatic heterocycles. The second kappa shape index (κ2) is 9.47. The molecule has 1 saturated carbocycles. The molecule has 1 aliphatic carbocycles. The van der Waals surface area contributed by atoms with E-state index in [1.54, 1.807) is 0 Å². The highest BCUT2D eigenvalue weighted by atomic mass is 19.4. The average Bonchev–Trinajstić information content (AvgIpc) is 3.52. The summed E-state index contributed by atoms with van der Waals surface area (Å²) in [7, 11) is 0. The summed E-state index contributed by atoms with van der Waals surface area (Å²) < 4.78 is 56.5. The molecule has 10 heteroatoms. The molecule has 0 aliphatic heterocycles. The number of carbonyl (C=O) groups excluding carboxylic acids is 1. The Morgan fingerprint density at radius 1 is 1.22 bits per heavy atom. The van der Waals surface area contributed by atoms with Gasteiger partial charge in [0.25, 0.3) is 5.91 Å². The summed E-state index contributed by atoms with van der Waals surface area (Å²) in [6.07, 6.45) is -1.42. The van der Waals surface area contributed by atoms with Crippen molar-refractivity contribution in [2.24, 2.45) is 5.92 Å². The van der Waals surface area contributed by atoms with Gasteiger partial charge in [-0.15, -0.1) is 13.2 Å². The molecule has 0 radical (unpaired) electrons. The molecule has 0 heterocycles. The van der Waals surface area contributed by atoms with E-state index in [2.05, 4.69) is 27.4 Å². The topological polar surface area (TPSA) is 71.6 Å². The maximum atomic E-state index is 15.3. The summed E-state index contributed by atoms with van der Waals surface area (Å²) in [4.78, 5) is 18.0. The van der Waals surface area contributed by atoms with E-state index in [0.717, 1.165) is 25.0 Å². The van der Waals surface area contributed by atoms with Crippen molar-refractivity contribution in [2.75, 3.05) is 17.2 Å². The predicted molar refractivity (Wildman–Crippen MR) is 112 cm³/mol. The minimum Gasteiger partial charge on any atom is -0.406 e. The number of anilines is 3. The molecule has 1 fully saturated rings. The third-order valence-corrected chi connectivity index (χ3v) is 4.88. The first kappa shape index (κ1) is 23.4. The van der Waals surface area contributed by atoms with E-state index in [4.69, 9.17) is 4.84 Å². The monoisotopic (exact) mass is 453 g/mol. The van der Waals surface area contributed by atoms with Crippen molar-refractivity contribution >= 4 is 23.0 Å². The SMILES string of the molecule is C=CNc1cc(C(=O)NOCC2CC2)c(Nc2ccc(OC(F)(F)F)cc2C)c(F)c1C. The highest BCUT2D eigenvalue weighted by molar-refractivity contribution is 6.01. The fourth-order valence-corrected chi connectivity index (χ4v) is 2.98. The van der Waals surface area contributed by atoms with Gasteiger partial charge in [-0.1, -0.05) is 6.58 Å². The van der Waals surface area contributed by atoms with E-state index in [1.165, 1.54) is 32.2 Å². The number of carbonyl (C=O) groups is 1. The van der Waals surface area contributed by atoms with E-state index in [1.807, 2.05) is 0 Å². The van der Waals surface area contributed by atoms with Crippen molar-refractivity contribution in [1.29, 1.82) is 0 Å². The molecule has 3 rings (SSSR count). The van der Waals surface area contributed by atoms with Gasteiger partial charge in [-0.2, -0.15) is 0 Å². The lowest BCUT2D eigenvalue weighted by Gasteiger charge is -2.19. The van der Waals surface area contributed by atoms with Crippen LogP contribution < -0.4 is 20.9 Å². The zero-order valence-electron chi connectivity index (χ0n) is 17.5. The molecule has 0 bridgehead atoms. The van der Waals surface area contributed by atoms with Crippen LogP contribution in [0.3, 0.4) is 0 Å². The number of benzene rings is 2. The fraction of sp³-hybridized carbons (Fsp3) is 0.318. The lowest BCUT2D eigenvalue weighted by molar-refractivity contribution is -0.274. The molecule has 3 N–H and O–H groups in total. The molecule has 1 aliphatic rings. The van der Waals surface area contributed by atoms with Crippen LogP contribution in [-0.4, -0.2) is 18.9 Å². The number of hydroxylamine groups is 1. The molecular formula is C22H23F4N3O3. The largest absolute Gasteiger partial charge is 0.573 e. The fourth-order valence-electron chi connectivity index (χ4n) is 2.98. The Hall–Kier alpha value is -3.27. The second-order valence-electron chi connectivity index (χ2n) is 7.47. The maximum absolute atomic E-state index is 15.3. The first-order chi connectivity index (χ1) is 15.1. The van der Waals surface area contributed by atoms with Crippen molar-refractivity contribution in [2.45, 2.75) is 33.1 Å². The minimum absolute atomic E-state index is 0.0525. The van der Waals surface area contributed by atoms with Gasteiger partial charge in [-0.3, -0.25) is 9.63 Å². The van der Waals surface area contributed by atoms with Gasteiger partial charge < -0.3 is 15.4 Å². The lowest BCUT2D eigenvalue weighted by atomic mass is 10.0. The number of amides is 1. The molecule has 2 aromatic rings. The van der Waals surface area contributed by atoms with Gasteiger partial charge in [-0.05, 0) is 68.6 Å². The van der Waals surface area contributed by atoms with Crippen LogP contribution in [0.5, 0.6) is 5.75 Å². The zero-order valence-corrected chi connectivity index (χ0v) is 17.5. The number of halogens is 4. The van der Waals surface area contributed by atoms with E-state index in [0.29, 0.717) is 29.5 Å². The van der Waals surface area contributed by atoms with Gasteiger partial charge in [0.2, 0.25) is 0 Å². The quantitative estimate of drug-likeness (QED) is 0.335. The van der Waals surface area contributed by atoms with Crippen LogP contribution in [-0.2, 0) is 4.84 Å². The Balaban J connectivity index is 1.92. The zero-order chi connectivity index (χ0) is 23.5. The summed E-state index contributed by atoms with van der Waals surface area (Å²) in [5.41, 5.74) is 3.33. The Morgan fingerprint density at radius 2 is 1.94 bits per heavy atom. The molecule has 6 nitrogen and oxygen atoms in total. The average molecular weight is 453 g/mol. The number of rotatable bonds is 9. The van der Waals surface area contributed by atoms with Crippen LogP contribution in [0, 0.1) is 25.6 Å². The minimum atomic E-state index is -4.83. The molecular weight excluding hydrogens is 430 g/mol.